The van der Waals surface area contributed by atoms with Gasteiger partial charge in [-0.05, 0) is 23.8 Å². The van der Waals surface area contributed by atoms with Gasteiger partial charge < -0.3 is 0 Å². The minimum Gasteiger partial charge on any atom is -0.291 e. The maximum absolute atomic E-state index is 12.4. The lowest BCUT2D eigenvalue weighted by Crippen LogP contribution is -2.03. The molecule has 6 heteroatoms. The molecule has 0 atom stereocenters. The van der Waals surface area contributed by atoms with E-state index >= 15 is 0 Å². The summed E-state index contributed by atoms with van der Waals surface area (Å²) in [5.74, 6) is 0. The maximum atomic E-state index is 12.4. The molecule has 0 saturated carbocycles. The molecule has 2 rings (SSSR count). The Bertz CT molecular complexity index is 607. The van der Waals surface area contributed by atoms with Crippen LogP contribution in [0.5, 0.6) is 0 Å². The van der Waals surface area contributed by atoms with Crippen LogP contribution in [-0.2, 0) is 6.18 Å². The average Bonchev–Trinajstić information content (AvgIpc) is 2.45. The SMILES string of the molecule is ONc1cnccc1/C=C/c1ccc(C(F)(F)F)cc1. The van der Waals surface area contributed by atoms with Gasteiger partial charge in [0.05, 0.1) is 17.4 Å². The number of alkyl halides is 3. The van der Waals surface area contributed by atoms with Crippen molar-refractivity contribution in [3.63, 3.8) is 0 Å². The predicted molar refractivity (Wildman–Crippen MR) is 70.0 cm³/mol. The van der Waals surface area contributed by atoms with Gasteiger partial charge in [-0.2, -0.15) is 13.2 Å². The predicted octanol–water partition coefficient (Wildman–Crippen LogP) is 4.07. The Morgan fingerprint density at radius 3 is 2.35 bits per heavy atom. The van der Waals surface area contributed by atoms with E-state index in [2.05, 4.69) is 4.98 Å². The fourth-order valence-corrected chi connectivity index (χ4v) is 1.61. The molecule has 0 radical (unpaired) electrons. The van der Waals surface area contributed by atoms with E-state index in [4.69, 9.17) is 5.21 Å². The van der Waals surface area contributed by atoms with Gasteiger partial charge in [0.25, 0.3) is 0 Å². The quantitative estimate of drug-likeness (QED) is 0.833. The van der Waals surface area contributed by atoms with Gasteiger partial charge >= 0.3 is 6.18 Å². The molecule has 0 spiro atoms. The summed E-state index contributed by atoms with van der Waals surface area (Å²) in [6, 6.07) is 6.48. The van der Waals surface area contributed by atoms with Crippen LogP contribution in [0, 0.1) is 0 Å². The van der Waals surface area contributed by atoms with Crippen LogP contribution >= 0.6 is 0 Å². The van der Waals surface area contributed by atoms with Crippen LogP contribution in [0.15, 0.2) is 42.7 Å². The molecular formula is C14H11F3N2O. The summed E-state index contributed by atoms with van der Waals surface area (Å²) < 4.78 is 37.2. The minimum atomic E-state index is -4.33. The zero-order valence-corrected chi connectivity index (χ0v) is 10.2. The van der Waals surface area contributed by atoms with Crippen LogP contribution in [0.4, 0.5) is 18.9 Å². The van der Waals surface area contributed by atoms with Crippen molar-refractivity contribution >= 4 is 17.8 Å². The third-order valence-corrected chi connectivity index (χ3v) is 2.67. The van der Waals surface area contributed by atoms with Gasteiger partial charge in [-0.25, -0.2) is 0 Å². The maximum Gasteiger partial charge on any atom is 0.416 e. The van der Waals surface area contributed by atoms with Crippen molar-refractivity contribution in [3.05, 3.63) is 59.4 Å². The number of nitrogens with one attached hydrogen (secondary N) is 1. The molecule has 0 bridgehead atoms. The molecule has 0 saturated heterocycles. The molecule has 0 unspecified atom stereocenters. The Morgan fingerprint density at radius 2 is 1.75 bits per heavy atom. The molecular weight excluding hydrogens is 269 g/mol. The summed E-state index contributed by atoms with van der Waals surface area (Å²) in [4.78, 5) is 3.83. The van der Waals surface area contributed by atoms with Crippen molar-refractivity contribution in [1.82, 2.24) is 4.98 Å². The summed E-state index contributed by atoms with van der Waals surface area (Å²) in [5, 5.41) is 8.89. The van der Waals surface area contributed by atoms with Gasteiger partial charge in [0, 0.05) is 11.8 Å². The first-order chi connectivity index (χ1) is 9.50. The highest BCUT2D eigenvalue weighted by Gasteiger charge is 2.29. The van der Waals surface area contributed by atoms with E-state index in [1.807, 2.05) is 5.48 Å². The first-order valence-corrected chi connectivity index (χ1v) is 5.70. The molecule has 0 amide bonds. The first kappa shape index (κ1) is 14.1. The summed E-state index contributed by atoms with van der Waals surface area (Å²) in [7, 11) is 0. The Kier molecular flexibility index (Phi) is 4.05. The highest BCUT2D eigenvalue weighted by molar-refractivity contribution is 5.75. The van der Waals surface area contributed by atoms with E-state index < -0.39 is 11.7 Å². The summed E-state index contributed by atoms with van der Waals surface area (Å²) >= 11 is 0. The fourth-order valence-electron chi connectivity index (χ4n) is 1.61. The van der Waals surface area contributed by atoms with E-state index in [1.54, 1.807) is 24.4 Å². The van der Waals surface area contributed by atoms with E-state index in [1.165, 1.54) is 18.3 Å². The monoisotopic (exact) mass is 280 g/mol. The molecule has 2 N–H and O–H groups in total. The zero-order valence-electron chi connectivity index (χ0n) is 10.2. The Morgan fingerprint density at radius 1 is 1.05 bits per heavy atom. The number of anilines is 1. The highest BCUT2D eigenvalue weighted by atomic mass is 19.4. The minimum absolute atomic E-state index is 0.413. The van der Waals surface area contributed by atoms with E-state index in [0.29, 0.717) is 16.8 Å². The van der Waals surface area contributed by atoms with Crippen molar-refractivity contribution in [2.45, 2.75) is 6.18 Å². The second-order valence-electron chi connectivity index (χ2n) is 4.03. The molecule has 1 aromatic carbocycles. The zero-order chi connectivity index (χ0) is 14.6. The third-order valence-electron chi connectivity index (χ3n) is 2.67. The van der Waals surface area contributed by atoms with Gasteiger partial charge in [-0.3, -0.25) is 15.7 Å². The number of pyridine rings is 1. The van der Waals surface area contributed by atoms with E-state index in [-0.39, 0.29) is 0 Å². The number of rotatable bonds is 3. The second-order valence-corrected chi connectivity index (χ2v) is 4.03. The Balaban J connectivity index is 2.20. The van der Waals surface area contributed by atoms with Crippen molar-refractivity contribution in [3.8, 4) is 0 Å². The van der Waals surface area contributed by atoms with Gasteiger partial charge in [0.15, 0.2) is 0 Å². The van der Waals surface area contributed by atoms with E-state index in [0.717, 1.165) is 12.1 Å². The lowest BCUT2D eigenvalue weighted by molar-refractivity contribution is -0.137. The molecule has 0 aliphatic rings. The van der Waals surface area contributed by atoms with Crippen LogP contribution < -0.4 is 5.48 Å². The summed E-state index contributed by atoms with van der Waals surface area (Å²) in [6.45, 7) is 0. The fraction of sp³-hybridized carbons (Fsp3) is 0.0714. The lowest BCUT2D eigenvalue weighted by Gasteiger charge is -2.06. The van der Waals surface area contributed by atoms with Gasteiger partial charge in [0.1, 0.15) is 0 Å². The van der Waals surface area contributed by atoms with Crippen LogP contribution in [0.25, 0.3) is 12.2 Å². The number of hydrogen-bond donors (Lipinski definition) is 2. The molecule has 1 heterocycles. The molecule has 0 aliphatic carbocycles. The largest absolute Gasteiger partial charge is 0.416 e. The summed E-state index contributed by atoms with van der Waals surface area (Å²) in [5.41, 5.74) is 3.02. The van der Waals surface area contributed by atoms with Crippen molar-refractivity contribution in [2.24, 2.45) is 0 Å². The van der Waals surface area contributed by atoms with Crippen LogP contribution in [-0.4, -0.2) is 10.2 Å². The first-order valence-electron chi connectivity index (χ1n) is 5.70. The smallest absolute Gasteiger partial charge is 0.291 e. The standard InChI is InChI=1S/C14H11F3N2O/c15-14(16,17)12-5-2-10(3-6-12)1-4-11-7-8-18-9-13(11)19-20/h1-9,19-20H/b4-1+. The number of nitrogens with zero attached hydrogens (tertiary/aromatic N) is 1. The number of halogens is 3. The normalized spacial score (nSPS) is 11.8. The van der Waals surface area contributed by atoms with Gasteiger partial charge in [0.2, 0.25) is 0 Å². The van der Waals surface area contributed by atoms with Crippen molar-refractivity contribution in [1.29, 1.82) is 0 Å². The third kappa shape index (κ3) is 3.36. The van der Waals surface area contributed by atoms with Gasteiger partial charge in [-0.1, -0.05) is 24.3 Å². The van der Waals surface area contributed by atoms with Crippen LogP contribution in [0.3, 0.4) is 0 Å². The van der Waals surface area contributed by atoms with Crippen LogP contribution in [0.1, 0.15) is 16.7 Å². The highest BCUT2D eigenvalue weighted by Crippen LogP contribution is 2.29. The molecule has 2 aromatic rings. The second kappa shape index (κ2) is 5.75. The van der Waals surface area contributed by atoms with Crippen molar-refractivity contribution in [2.75, 3.05) is 5.48 Å². The molecule has 0 fully saturated rings. The van der Waals surface area contributed by atoms with Gasteiger partial charge in [-0.15, -0.1) is 0 Å². The average molecular weight is 280 g/mol. The molecule has 0 aliphatic heterocycles. The molecule has 104 valence electrons. The number of aromatic nitrogens is 1. The van der Waals surface area contributed by atoms with Crippen LogP contribution in [0.2, 0.25) is 0 Å². The summed E-state index contributed by atoms with van der Waals surface area (Å²) in [6.07, 6.45) is 1.97. The molecule has 3 nitrogen and oxygen atoms in total. The Hall–Kier alpha value is -2.34. The molecule has 20 heavy (non-hydrogen) atoms. The van der Waals surface area contributed by atoms with Crippen molar-refractivity contribution < 1.29 is 18.4 Å². The number of hydrogen-bond acceptors (Lipinski definition) is 3. The topological polar surface area (TPSA) is 45.1 Å². The Labute approximate surface area is 113 Å². The molecule has 1 aromatic heterocycles. The number of benzene rings is 1. The lowest BCUT2D eigenvalue weighted by atomic mass is 10.1. The van der Waals surface area contributed by atoms with E-state index in [9.17, 15) is 13.2 Å².